The van der Waals surface area contributed by atoms with E-state index in [1.54, 1.807) is 4.90 Å². The molecule has 1 N–H and O–H groups in total. The van der Waals surface area contributed by atoms with Crippen LogP contribution in [0.15, 0.2) is 70.4 Å². The van der Waals surface area contributed by atoms with Crippen LogP contribution in [0.25, 0.3) is 11.3 Å². The van der Waals surface area contributed by atoms with Gasteiger partial charge < -0.3 is 10.0 Å². The Bertz CT molecular complexity index is 1320. The minimum Gasteiger partial charge on any atom is -0.480 e. The third-order valence-corrected chi connectivity index (χ3v) is 8.16. The number of hydrogen-bond donors (Lipinski definition) is 1. The molecule has 220 valence electrons. The van der Waals surface area contributed by atoms with E-state index in [4.69, 9.17) is 4.98 Å². The van der Waals surface area contributed by atoms with Crippen molar-refractivity contribution in [2.75, 3.05) is 11.4 Å². The summed E-state index contributed by atoms with van der Waals surface area (Å²) in [5.41, 5.74) is 1.96. The third-order valence-electron chi connectivity index (χ3n) is 6.94. The van der Waals surface area contributed by atoms with Gasteiger partial charge in [0.05, 0.1) is 5.69 Å². The Balaban J connectivity index is 1.84. The van der Waals surface area contributed by atoms with E-state index in [1.807, 2.05) is 75.4 Å². The molecule has 1 unspecified atom stereocenters. The molecule has 0 radical (unpaired) electrons. The zero-order chi connectivity index (χ0) is 29.8. The lowest BCUT2D eigenvalue weighted by Crippen LogP contribution is -2.38. The smallest absolute Gasteiger partial charge is 0.316 e. The molecule has 41 heavy (non-hydrogen) atoms. The standard InChI is InChI=1S/C33H43N3O4S/c1-5-7-8-9-13-20-35(26-16-18-27(19-17-26)41-29(33(39)40)21-24(3)4)32(38)23-36-30(6-2)34-28(22-31(36)37)25-14-11-10-12-15-25/h10-12,14-19,22,24,29H,5-9,13,20-21,23H2,1-4H3,(H,39,40). The number of amides is 1. The zero-order valence-corrected chi connectivity index (χ0v) is 25.5. The number of carbonyl (C=O) groups is 2. The van der Waals surface area contributed by atoms with Crippen LogP contribution in [0.2, 0.25) is 0 Å². The van der Waals surface area contributed by atoms with Gasteiger partial charge in [-0.25, -0.2) is 4.98 Å². The largest absolute Gasteiger partial charge is 0.480 e. The van der Waals surface area contributed by atoms with Crippen molar-refractivity contribution in [3.63, 3.8) is 0 Å². The molecule has 7 nitrogen and oxygen atoms in total. The Kier molecular flexibility index (Phi) is 12.7. The fraction of sp³-hybridized carbons (Fsp3) is 0.455. The molecule has 0 aliphatic rings. The van der Waals surface area contributed by atoms with Crippen molar-refractivity contribution in [3.8, 4) is 11.3 Å². The minimum atomic E-state index is -0.819. The molecule has 1 heterocycles. The lowest BCUT2D eigenvalue weighted by atomic mass is 10.1. The third kappa shape index (κ3) is 9.59. The molecule has 0 bridgehead atoms. The minimum absolute atomic E-state index is 0.0922. The highest BCUT2D eigenvalue weighted by molar-refractivity contribution is 8.00. The first-order valence-corrected chi connectivity index (χ1v) is 15.6. The van der Waals surface area contributed by atoms with E-state index in [1.165, 1.54) is 22.4 Å². The van der Waals surface area contributed by atoms with E-state index in [0.29, 0.717) is 30.9 Å². The van der Waals surface area contributed by atoms with E-state index in [9.17, 15) is 19.5 Å². The highest BCUT2D eigenvalue weighted by Gasteiger charge is 2.22. The normalized spacial score (nSPS) is 11.9. The van der Waals surface area contributed by atoms with Crippen molar-refractivity contribution in [2.24, 2.45) is 5.92 Å². The number of carbonyl (C=O) groups excluding carboxylic acids is 1. The summed E-state index contributed by atoms with van der Waals surface area (Å²) in [4.78, 5) is 46.0. The number of aliphatic carboxylic acids is 1. The summed E-state index contributed by atoms with van der Waals surface area (Å²) < 4.78 is 1.48. The molecule has 2 aromatic carbocycles. The summed E-state index contributed by atoms with van der Waals surface area (Å²) in [6.07, 6.45) is 6.40. The first kappa shape index (κ1) is 32.1. The van der Waals surface area contributed by atoms with Gasteiger partial charge in [0.25, 0.3) is 5.56 Å². The van der Waals surface area contributed by atoms with Gasteiger partial charge in [-0.15, -0.1) is 11.8 Å². The van der Waals surface area contributed by atoms with E-state index >= 15 is 0 Å². The van der Waals surface area contributed by atoms with Crippen molar-refractivity contribution in [1.82, 2.24) is 9.55 Å². The van der Waals surface area contributed by atoms with Crippen LogP contribution in [-0.4, -0.2) is 38.3 Å². The van der Waals surface area contributed by atoms with Crippen molar-refractivity contribution < 1.29 is 14.7 Å². The molecule has 0 aliphatic heterocycles. The number of benzene rings is 2. The molecule has 3 rings (SSSR count). The van der Waals surface area contributed by atoms with Gasteiger partial charge in [-0.1, -0.05) is 83.7 Å². The fourth-order valence-electron chi connectivity index (χ4n) is 4.74. The second-order valence-corrected chi connectivity index (χ2v) is 12.0. The molecular formula is C33H43N3O4S. The average molecular weight is 578 g/mol. The summed E-state index contributed by atoms with van der Waals surface area (Å²) in [5, 5.41) is 9.11. The number of rotatable bonds is 16. The SMILES string of the molecule is CCCCCCCN(C(=O)Cn1c(CC)nc(-c2ccccc2)cc1=O)c1ccc(SC(CC(C)C)C(=O)O)cc1. The lowest BCUT2D eigenvalue weighted by molar-refractivity contribution is -0.136. The quantitative estimate of drug-likeness (QED) is 0.145. The Morgan fingerprint density at radius 3 is 2.27 bits per heavy atom. The maximum atomic E-state index is 13.7. The molecule has 0 aliphatic carbocycles. The fourth-order valence-corrected chi connectivity index (χ4v) is 5.94. The molecule has 0 saturated carbocycles. The maximum Gasteiger partial charge on any atom is 0.316 e. The Morgan fingerprint density at radius 1 is 0.976 bits per heavy atom. The van der Waals surface area contributed by atoms with Crippen LogP contribution in [0.1, 0.15) is 72.0 Å². The van der Waals surface area contributed by atoms with E-state index in [-0.39, 0.29) is 23.9 Å². The molecule has 1 amide bonds. The van der Waals surface area contributed by atoms with Gasteiger partial charge in [0, 0.05) is 35.2 Å². The summed E-state index contributed by atoms with van der Waals surface area (Å²) in [6.45, 7) is 8.60. The van der Waals surface area contributed by atoms with Crippen molar-refractivity contribution in [3.05, 3.63) is 76.8 Å². The van der Waals surface area contributed by atoms with Gasteiger partial charge in [0.2, 0.25) is 5.91 Å². The Labute approximate surface area is 248 Å². The topological polar surface area (TPSA) is 92.5 Å². The predicted molar refractivity (Wildman–Crippen MR) is 168 cm³/mol. The van der Waals surface area contributed by atoms with Crippen molar-refractivity contribution in [1.29, 1.82) is 0 Å². The van der Waals surface area contributed by atoms with Crippen LogP contribution in [0, 0.1) is 5.92 Å². The molecule has 8 heteroatoms. The second kappa shape index (κ2) is 16.2. The van der Waals surface area contributed by atoms with Crippen LogP contribution in [0.3, 0.4) is 0 Å². The van der Waals surface area contributed by atoms with Gasteiger partial charge in [0.1, 0.15) is 17.6 Å². The monoisotopic (exact) mass is 577 g/mol. The lowest BCUT2D eigenvalue weighted by Gasteiger charge is -2.24. The molecule has 0 fully saturated rings. The van der Waals surface area contributed by atoms with E-state index < -0.39 is 11.2 Å². The number of hydrogen-bond acceptors (Lipinski definition) is 5. The summed E-state index contributed by atoms with van der Waals surface area (Å²) >= 11 is 1.33. The number of nitrogens with zero attached hydrogens (tertiary/aromatic N) is 3. The number of anilines is 1. The number of aryl methyl sites for hydroxylation is 1. The first-order valence-electron chi connectivity index (χ1n) is 14.7. The Hall–Kier alpha value is -3.39. The first-order chi connectivity index (χ1) is 19.7. The number of aromatic nitrogens is 2. The molecule has 3 aromatic rings. The zero-order valence-electron chi connectivity index (χ0n) is 24.7. The molecule has 0 saturated heterocycles. The summed E-state index contributed by atoms with van der Waals surface area (Å²) in [7, 11) is 0. The van der Waals surface area contributed by atoms with Crippen LogP contribution >= 0.6 is 11.8 Å². The number of thioether (sulfide) groups is 1. The molecule has 0 spiro atoms. The van der Waals surface area contributed by atoms with E-state index in [2.05, 4.69) is 6.92 Å². The van der Waals surface area contributed by atoms with Gasteiger partial charge in [-0.3, -0.25) is 19.0 Å². The van der Waals surface area contributed by atoms with Gasteiger partial charge >= 0.3 is 5.97 Å². The highest BCUT2D eigenvalue weighted by Crippen LogP contribution is 2.30. The predicted octanol–water partition coefficient (Wildman–Crippen LogP) is 7.07. The molecule has 1 atom stereocenters. The number of unbranched alkanes of at least 4 members (excludes halogenated alkanes) is 4. The summed E-state index contributed by atoms with van der Waals surface area (Å²) in [5.74, 6) is -0.142. The summed E-state index contributed by atoms with van der Waals surface area (Å²) in [6, 6.07) is 18.6. The van der Waals surface area contributed by atoms with Crippen molar-refractivity contribution in [2.45, 2.75) is 89.3 Å². The number of carboxylic acid groups (broad SMARTS) is 1. The average Bonchev–Trinajstić information content (AvgIpc) is 2.96. The van der Waals surface area contributed by atoms with Gasteiger partial charge in [-0.05, 0) is 43.0 Å². The van der Waals surface area contributed by atoms with Gasteiger partial charge in [0.15, 0.2) is 0 Å². The Morgan fingerprint density at radius 2 is 1.66 bits per heavy atom. The van der Waals surface area contributed by atoms with E-state index in [0.717, 1.165) is 48.3 Å². The van der Waals surface area contributed by atoms with Crippen LogP contribution in [0.5, 0.6) is 0 Å². The highest BCUT2D eigenvalue weighted by atomic mass is 32.2. The van der Waals surface area contributed by atoms with Crippen LogP contribution in [-0.2, 0) is 22.6 Å². The van der Waals surface area contributed by atoms with Gasteiger partial charge in [-0.2, -0.15) is 0 Å². The number of carboxylic acids is 1. The second-order valence-electron chi connectivity index (χ2n) is 10.7. The maximum absolute atomic E-state index is 13.7. The van der Waals surface area contributed by atoms with Crippen LogP contribution in [0.4, 0.5) is 5.69 Å². The molecular weight excluding hydrogens is 534 g/mol. The van der Waals surface area contributed by atoms with Crippen LogP contribution < -0.4 is 10.5 Å². The molecule has 1 aromatic heterocycles. The van der Waals surface area contributed by atoms with Crippen molar-refractivity contribution >= 4 is 29.3 Å².